The molecule has 5 heteroatoms. The summed E-state index contributed by atoms with van der Waals surface area (Å²) in [6, 6.07) is 8.21. The van der Waals surface area contributed by atoms with Crippen LogP contribution >= 0.6 is 0 Å². The van der Waals surface area contributed by atoms with Crippen LogP contribution in [0.2, 0.25) is 0 Å². The van der Waals surface area contributed by atoms with Crippen LogP contribution in [0, 0.1) is 0 Å². The molecule has 0 radical (unpaired) electrons. The summed E-state index contributed by atoms with van der Waals surface area (Å²) < 4.78 is 1.81. The minimum absolute atomic E-state index is 0.101. The van der Waals surface area contributed by atoms with E-state index >= 15 is 0 Å². The first-order valence-electron chi connectivity index (χ1n) is 7.02. The zero-order valence-corrected chi connectivity index (χ0v) is 11.6. The first-order chi connectivity index (χ1) is 9.78. The number of amides is 1. The molecule has 1 aliphatic rings. The summed E-state index contributed by atoms with van der Waals surface area (Å²) >= 11 is 0. The van der Waals surface area contributed by atoms with Crippen molar-refractivity contribution in [2.45, 2.75) is 25.8 Å². The highest BCUT2D eigenvalue weighted by molar-refractivity contribution is 5.94. The van der Waals surface area contributed by atoms with E-state index in [0.29, 0.717) is 13.1 Å². The maximum absolute atomic E-state index is 12.3. The molecule has 1 aromatic carbocycles. The topological polar surface area (TPSA) is 51.0 Å². The van der Waals surface area contributed by atoms with Crippen molar-refractivity contribution in [2.75, 3.05) is 13.1 Å². The number of hydrogen-bond acceptors (Lipinski definition) is 3. The van der Waals surface area contributed by atoms with Crippen molar-refractivity contribution in [2.24, 2.45) is 0 Å². The van der Waals surface area contributed by atoms with Gasteiger partial charge in [0.2, 0.25) is 0 Å². The maximum Gasteiger partial charge on any atom is 0.253 e. The normalized spacial score (nSPS) is 15.2. The van der Waals surface area contributed by atoms with Crippen molar-refractivity contribution >= 4 is 5.91 Å². The van der Waals surface area contributed by atoms with E-state index in [4.69, 9.17) is 0 Å². The van der Waals surface area contributed by atoms with Crippen LogP contribution in [0.4, 0.5) is 0 Å². The van der Waals surface area contributed by atoms with Gasteiger partial charge in [0.1, 0.15) is 0 Å². The molecule has 104 valence electrons. The Kier molecular flexibility index (Phi) is 3.50. The van der Waals surface area contributed by atoms with Crippen LogP contribution < -0.4 is 0 Å². The lowest BCUT2D eigenvalue weighted by molar-refractivity contribution is 0.0498. The second kappa shape index (κ2) is 5.45. The van der Waals surface area contributed by atoms with Gasteiger partial charge in [0.15, 0.2) is 0 Å². The summed E-state index contributed by atoms with van der Waals surface area (Å²) in [7, 11) is 0. The third-order valence-electron chi connectivity index (χ3n) is 3.70. The zero-order chi connectivity index (χ0) is 13.9. The third-order valence-corrected chi connectivity index (χ3v) is 3.70. The maximum atomic E-state index is 12.3. The minimum Gasteiger partial charge on any atom is -0.334 e. The van der Waals surface area contributed by atoms with E-state index in [-0.39, 0.29) is 11.9 Å². The molecule has 0 unspecified atom stereocenters. The molecule has 1 fully saturated rings. The number of benzene rings is 1. The van der Waals surface area contributed by atoms with E-state index < -0.39 is 0 Å². The van der Waals surface area contributed by atoms with Crippen LogP contribution in [0.15, 0.2) is 36.7 Å². The number of aromatic nitrogens is 3. The van der Waals surface area contributed by atoms with Crippen LogP contribution in [0.1, 0.15) is 35.3 Å². The van der Waals surface area contributed by atoms with Crippen molar-refractivity contribution in [1.29, 1.82) is 0 Å². The minimum atomic E-state index is 0.101. The van der Waals surface area contributed by atoms with Gasteiger partial charge in [-0.3, -0.25) is 4.79 Å². The van der Waals surface area contributed by atoms with E-state index in [0.717, 1.165) is 18.4 Å². The van der Waals surface area contributed by atoms with Gasteiger partial charge in [0, 0.05) is 24.8 Å². The number of nitrogens with zero attached hydrogens (tertiary/aromatic N) is 4. The SMILES string of the molecule is CCCc1ccc(C(=O)N2CC(n3ccnn3)C2)cc1. The number of hydrogen-bond donors (Lipinski definition) is 0. The number of carbonyl (C=O) groups is 1. The Morgan fingerprint density at radius 1 is 1.30 bits per heavy atom. The van der Waals surface area contributed by atoms with Crippen LogP contribution in [0.25, 0.3) is 0 Å². The zero-order valence-electron chi connectivity index (χ0n) is 11.6. The molecule has 2 aromatic rings. The molecule has 3 rings (SSSR count). The van der Waals surface area contributed by atoms with Crippen LogP contribution in [0.3, 0.4) is 0 Å². The number of rotatable bonds is 4. The largest absolute Gasteiger partial charge is 0.334 e. The summed E-state index contributed by atoms with van der Waals surface area (Å²) in [5.74, 6) is 0.101. The highest BCUT2D eigenvalue weighted by Crippen LogP contribution is 2.22. The van der Waals surface area contributed by atoms with Gasteiger partial charge in [-0.15, -0.1) is 5.10 Å². The number of likely N-dealkylation sites (tertiary alicyclic amines) is 1. The fraction of sp³-hybridized carbons (Fsp3) is 0.400. The molecule has 0 aliphatic carbocycles. The van der Waals surface area contributed by atoms with Crippen molar-refractivity contribution in [3.63, 3.8) is 0 Å². The summed E-state index contributed by atoms with van der Waals surface area (Å²) in [6.07, 6.45) is 5.69. The standard InChI is InChI=1S/C15H18N4O/c1-2-3-12-4-6-13(7-5-12)15(20)18-10-14(11-18)19-9-8-16-17-19/h4-9,14H,2-3,10-11H2,1H3. The van der Waals surface area contributed by atoms with E-state index in [2.05, 4.69) is 17.2 Å². The predicted molar refractivity (Wildman–Crippen MR) is 75.4 cm³/mol. The Morgan fingerprint density at radius 2 is 2.05 bits per heavy atom. The molecule has 0 saturated carbocycles. The molecule has 1 amide bonds. The molecular formula is C15H18N4O. The van der Waals surface area contributed by atoms with E-state index in [1.54, 1.807) is 6.20 Å². The summed E-state index contributed by atoms with van der Waals surface area (Å²) in [6.45, 7) is 3.57. The van der Waals surface area contributed by atoms with E-state index in [9.17, 15) is 4.79 Å². The van der Waals surface area contributed by atoms with Gasteiger partial charge in [-0.05, 0) is 24.1 Å². The Bertz CT molecular complexity index is 570. The lowest BCUT2D eigenvalue weighted by atomic mass is 10.0. The van der Waals surface area contributed by atoms with Gasteiger partial charge in [-0.2, -0.15) is 0 Å². The molecule has 0 N–H and O–H groups in total. The van der Waals surface area contributed by atoms with Crippen LogP contribution in [-0.4, -0.2) is 38.9 Å². The Morgan fingerprint density at radius 3 is 2.65 bits per heavy atom. The Balaban J connectivity index is 1.60. The quantitative estimate of drug-likeness (QED) is 0.853. The molecule has 5 nitrogen and oxygen atoms in total. The van der Waals surface area contributed by atoms with Crippen LogP contribution in [-0.2, 0) is 6.42 Å². The second-order valence-corrected chi connectivity index (χ2v) is 5.19. The Hall–Kier alpha value is -2.17. The molecule has 0 bridgehead atoms. The lowest BCUT2D eigenvalue weighted by Crippen LogP contribution is -2.50. The molecule has 0 atom stereocenters. The average molecular weight is 270 g/mol. The first kappa shape index (κ1) is 12.8. The van der Waals surface area contributed by atoms with Gasteiger partial charge in [-0.25, -0.2) is 4.68 Å². The van der Waals surface area contributed by atoms with Gasteiger partial charge in [0.05, 0.1) is 12.2 Å². The van der Waals surface area contributed by atoms with Crippen molar-refractivity contribution < 1.29 is 4.79 Å². The molecule has 1 aliphatic heterocycles. The highest BCUT2D eigenvalue weighted by atomic mass is 16.2. The number of carbonyl (C=O) groups excluding carboxylic acids is 1. The smallest absolute Gasteiger partial charge is 0.253 e. The molecule has 1 saturated heterocycles. The fourth-order valence-corrected chi connectivity index (χ4v) is 2.49. The van der Waals surface area contributed by atoms with Crippen molar-refractivity contribution in [1.82, 2.24) is 19.9 Å². The predicted octanol–water partition coefficient (Wildman–Crippen LogP) is 1.93. The van der Waals surface area contributed by atoms with Gasteiger partial charge in [-0.1, -0.05) is 30.7 Å². The van der Waals surface area contributed by atoms with Crippen molar-refractivity contribution in [3.05, 3.63) is 47.8 Å². The summed E-state index contributed by atoms with van der Waals surface area (Å²) in [5.41, 5.74) is 2.05. The molecule has 20 heavy (non-hydrogen) atoms. The monoisotopic (exact) mass is 270 g/mol. The average Bonchev–Trinajstić information content (AvgIpc) is 2.92. The second-order valence-electron chi connectivity index (χ2n) is 5.19. The molecule has 0 spiro atoms. The summed E-state index contributed by atoms with van der Waals surface area (Å²) in [5, 5.41) is 7.76. The fourth-order valence-electron chi connectivity index (χ4n) is 2.49. The molecular weight excluding hydrogens is 252 g/mol. The Labute approximate surface area is 118 Å². The molecule has 1 aromatic heterocycles. The summed E-state index contributed by atoms with van der Waals surface area (Å²) in [4.78, 5) is 14.1. The van der Waals surface area contributed by atoms with Gasteiger partial charge < -0.3 is 4.90 Å². The van der Waals surface area contributed by atoms with E-state index in [1.807, 2.05) is 40.0 Å². The molecule has 2 heterocycles. The first-order valence-corrected chi connectivity index (χ1v) is 7.02. The van der Waals surface area contributed by atoms with Crippen molar-refractivity contribution in [3.8, 4) is 0 Å². The van der Waals surface area contributed by atoms with E-state index in [1.165, 1.54) is 5.56 Å². The van der Waals surface area contributed by atoms with Gasteiger partial charge in [0.25, 0.3) is 5.91 Å². The third kappa shape index (κ3) is 2.43. The van der Waals surface area contributed by atoms with Gasteiger partial charge >= 0.3 is 0 Å². The lowest BCUT2D eigenvalue weighted by Gasteiger charge is -2.38. The highest BCUT2D eigenvalue weighted by Gasteiger charge is 2.32. The number of aryl methyl sites for hydroxylation is 1. The van der Waals surface area contributed by atoms with Crippen LogP contribution in [0.5, 0.6) is 0 Å².